The van der Waals surface area contributed by atoms with Crippen LogP contribution in [-0.2, 0) is 0 Å². The van der Waals surface area contributed by atoms with Crippen molar-refractivity contribution in [3.8, 4) is 0 Å². The van der Waals surface area contributed by atoms with Gasteiger partial charge in [0.15, 0.2) is 10.9 Å². The first-order chi connectivity index (χ1) is 7.13. The smallest absolute Gasteiger partial charge is 0.354 e. The van der Waals surface area contributed by atoms with Crippen LogP contribution in [0.5, 0.6) is 0 Å². The molecule has 1 rings (SSSR count). The lowest BCUT2D eigenvalue weighted by atomic mass is 10.3. The van der Waals surface area contributed by atoms with E-state index >= 15 is 0 Å². The van der Waals surface area contributed by atoms with Gasteiger partial charge in [-0.2, -0.15) is 0 Å². The molecule has 5 nitrogen and oxygen atoms in total. The maximum atomic E-state index is 10.6. The molecule has 0 spiro atoms. The molecule has 0 aliphatic heterocycles. The van der Waals surface area contributed by atoms with Gasteiger partial charge in [-0.05, 0) is 12.5 Å². The number of aromatic nitrogens is 2. The number of carboxylic acid groups (broad SMARTS) is 1. The van der Waals surface area contributed by atoms with E-state index in [1.54, 1.807) is 0 Å². The Hall–Kier alpha value is -1.14. The second-order valence-corrected chi connectivity index (χ2v) is 4.38. The number of hydrogen-bond acceptors (Lipinski definition) is 5. The predicted molar refractivity (Wildman–Crippen MR) is 56.0 cm³/mol. The van der Waals surface area contributed by atoms with Gasteiger partial charge in [-0.1, -0.05) is 18.7 Å². The van der Waals surface area contributed by atoms with E-state index in [0.717, 1.165) is 0 Å². The normalized spacial score (nSPS) is 12.4. The van der Waals surface area contributed by atoms with Crippen molar-refractivity contribution in [3.63, 3.8) is 0 Å². The number of aliphatic hydroxyl groups is 1. The molecule has 1 heterocycles. The lowest BCUT2D eigenvalue weighted by Crippen LogP contribution is -2.05. The van der Waals surface area contributed by atoms with Crippen molar-refractivity contribution in [3.05, 3.63) is 18.0 Å². The number of aliphatic hydroxyl groups excluding tert-OH is 1. The van der Waals surface area contributed by atoms with Crippen LogP contribution < -0.4 is 0 Å². The fourth-order valence-corrected chi connectivity index (χ4v) is 1.79. The molecular weight excluding hydrogens is 216 g/mol. The Morgan fingerprint density at radius 2 is 2.40 bits per heavy atom. The van der Waals surface area contributed by atoms with E-state index in [-0.39, 0.29) is 17.6 Å². The van der Waals surface area contributed by atoms with Crippen LogP contribution in [0.15, 0.2) is 17.4 Å². The third-order valence-corrected chi connectivity index (χ3v) is 2.74. The zero-order chi connectivity index (χ0) is 11.3. The van der Waals surface area contributed by atoms with E-state index in [1.165, 1.54) is 24.0 Å². The first-order valence-corrected chi connectivity index (χ1v) is 5.35. The Bertz CT molecular complexity index is 346. The van der Waals surface area contributed by atoms with Crippen molar-refractivity contribution in [2.24, 2.45) is 0 Å². The quantitative estimate of drug-likeness (QED) is 0.578. The van der Waals surface area contributed by atoms with Gasteiger partial charge in [0, 0.05) is 18.1 Å². The average molecular weight is 228 g/mol. The predicted octanol–water partition coefficient (Wildman–Crippen LogP) is 1.04. The van der Waals surface area contributed by atoms with Crippen molar-refractivity contribution >= 4 is 17.7 Å². The van der Waals surface area contributed by atoms with Crippen molar-refractivity contribution in [2.75, 3.05) is 6.61 Å². The second-order valence-electron chi connectivity index (χ2n) is 2.97. The van der Waals surface area contributed by atoms with Crippen LogP contribution in [-0.4, -0.2) is 38.0 Å². The first-order valence-electron chi connectivity index (χ1n) is 4.47. The van der Waals surface area contributed by atoms with Gasteiger partial charge in [-0.25, -0.2) is 14.8 Å². The highest BCUT2D eigenvalue weighted by atomic mass is 32.2. The highest BCUT2D eigenvalue weighted by molar-refractivity contribution is 7.99. The summed E-state index contributed by atoms with van der Waals surface area (Å²) in [7, 11) is 0. The molecule has 0 saturated carbocycles. The Morgan fingerprint density at radius 3 is 3.00 bits per heavy atom. The molecule has 6 heteroatoms. The zero-order valence-electron chi connectivity index (χ0n) is 8.25. The van der Waals surface area contributed by atoms with Gasteiger partial charge < -0.3 is 10.2 Å². The van der Waals surface area contributed by atoms with Crippen LogP contribution in [0.3, 0.4) is 0 Å². The standard InChI is InChI=1S/C9H12N2O3S/c1-6(3-5-12)15-9-10-4-2-7(11-9)8(13)14/h2,4,6,12H,3,5H2,1H3,(H,13,14). The minimum Gasteiger partial charge on any atom is -0.477 e. The van der Waals surface area contributed by atoms with Crippen LogP contribution in [0.4, 0.5) is 0 Å². The summed E-state index contributed by atoms with van der Waals surface area (Å²) in [6, 6.07) is 1.35. The SMILES string of the molecule is CC(CCO)Sc1nccc(C(=O)O)n1. The molecule has 0 saturated heterocycles. The number of carboxylic acids is 1. The number of rotatable bonds is 5. The van der Waals surface area contributed by atoms with Crippen molar-refractivity contribution < 1.29 is 15.0 Å². The number of thioether (sulfide) groups is 1. The molecule has 1 atom stereocenters. The van der Waals surface area contributed by atoms with Gasteiger partial charge in [-0.15, -0.1) is 0 Å². The molecule has 0 fully saturated rings. The molecule has 1 unspecified atom stereocenters. The molecule has 1 aromatic rings. The summed E-state index contributed by atoms with van der Waals surface area (Å²) in [5.74, 6) is -1.06. The molecule has 0 radical (unpaired) electrons. The van der Waals surface area contributed by atoms with E-state index in [2.05, 4.69) is 9.97 Å². The molecular formula is C9H12N2O3S. The molecule has 0 bridgehead atoms. The maximum Gasteiger partial charge on any atom is 0.354 e. The maximum absolute atomic E-state index is 10.6. The number of hydrogen-bond donors (Lipinski definition) is 2. The van der Waals surface area contributed by atoms with E-state index in [9.17, 15) is 4.79 Å². The van der Waals surface area contributed by atoms with Crippen LogP contribution in [0.2, 0.25) is 0 Å². The molecule has 2 N–H and O–H groups in total. The summed E-state index contributed by atoms with van der Waals surface area (Å²) < 4.78 is 0. The van der Waals surface area contributed by atoms with E-state index in [4.69, 9.17) is 10.2 Å². The highest BCUT2D eigenvalue weighted by Crippen LogP contribution is 2.20. The van der Waals surface area contributed by atoms with Crippen LogP contribution in [0.1, 0.15) is 23.8 Å². The minimum absolute atomic E-state index is 0.0105. The van der Waals surface area contributed by atoms with Gasteiger partial charge >= 0.3 is 5.97 Å². The third kappa shape index (κ3) is 3.85. The molecule has 82 valence electrons. The Balaban J connectivity index is 2.69. The average Bonchev–Trinajstić information content (AvgIpc) is 2.18. The fourth-order valence-electron chi connectivity index (χ4n) is 0.937. The van der Waals surface area contributed by atoms with Crippen molar-refractivity contribution in [1.82, 2.24) is 9.97 Å². The van der Waals surface area contributed by atoms with Crippen LogP contribution >= 0.6 is 11.8 Å². The first kappa shape index (κ1) is 11.9. The summed E-state index contributed by atoms with van der Waals surface area (Å²) in [6.07, 6.45) is 2.05. The monoisotopic (exact) mass is 228 g/mol. The van der Waals surface area contributed by atoms with Crippen LogP contribution in [0, 0.1) is 0 Å². The summed E-state index contributed by atoms with van der Waals surface area (Å²) in [5, 5.41) is 18.0. The Labute approximate surface area is 91.6 Å². The summed E-state index contributed by atoms with van der Waals surface area (Å²) in [4.78, 5) is 18.4. The molecule has 0 amide bonds. The van der Waals surface area contributed by atoms with Gasteiger partial charge in [-0.3, -0.25) is 0 Å². The third-order valence-electron chi connectivity index (χ3n) is 1.69. The molecule has 15 heavy (non-hydrogen) atoms. The summed E-state index contributed by atoms with van der Waals surface area (Å²) in [5.41, 5.74) is -0.0105. The van der Waals surface area contributed by atoms with Gasteiger partial charge in [0.25, 0.3) is 0 Å². The van der Waals surface area contributed by atoms with Gasteiger partial charge in [0.1, 0.15) is 0 Å². The van der Waals surface area contributed by atoms with E-state index in [1.807, 2.05) is 6.92 Å². The molecule has 0 aliphatic rings. The largest absolute Gasteiger partial charge is 0.477 e. The summed E-state index contributed by atoms with van der Waals surface area (Å²) in [6.45, 7) is 2.03. The highest BCUT2D eigenvalue weighted by Gasteiger charge is 2.09. The minimum atomic E-state index is -1.06. The van der Waals surface area contributed by atoms with Crippen molar-refractivity contribution in [2.45, 2.75) is 23.8 Å². The van der Waals surface area contributed by atoms with Crippen LogP contribution in [0.25, 0.3) is 0 Å². The topological polar surface area (TPSA) is 83.3 Å². The van der Waals surface area contributed by atoms with E-state index < -0.39 is 5.97 Å². The fraction of sp³-hybridized carbons (Fsp3) is 0.444. The molecule has 0 aliphatic carbocycles. The number of carbonyl (C=O) groups is 1. The second kappa shape index (κ2) is 5.67. The molecule has 1 aromatic heterocycles. The van der Waals surface area contributed by atoms with Gasteiger partial charge in [0.05, 0.1) is 0 Å². The number of aromatic carboxylic acids is 1. The van der Waals surface area contributed by atoms with Gasteiger partial charge in [0.2, 0.25) is 0 Å². The van der Waals surface area contributed by atoms with E-state index in [0.29, 0.717) is 11.6 Å². The lowest BCUT2D eigenvalue weighted by Gasteiger charge is -2.07. The Morgan fingerprint density at radius 1 is 1.67 bits per heavy atom. The zero-order valence-corrected chi connectivity index (χ0v) is 9.07. The lowest BCUT2D eigenvalue weighted by molar-refractivity contribution is 0.0689. The van der Waals surface area contributed by atoms with Crippen molar-refractivity contribution in [1.29, 1.82) is 0 Å². The molecule has 0 aromatic carbocycles. The number of nitrogens with zero attached hydrogens (tertiary/aromatic N) is 2. The summed E-state index contributed by atoms with van der Waals surface area (Å²) >= 11 is 1.35. The Kier molecular flexibility index (Phi) is 4.51.